The van der Waals surface area contributed by atoms with Crippen molar-refractivity contribution in [2.24, 2.45) is 0 Å². The Morgan fingerprint density at radius 1 is 1.23 bits per heavy atom. The van der Waals surface area contributed by atoms with E-state index in [4.69, 9.17) is 4.74 Å². The minimum absolute atomic E-state index is 0.0878. The molecule has 0 bridgehead atoms. The predicted molar refractivity (Wildman–Crippen MR) is 89.4 cm³/mol. The third-order valence-electron chi connectivity index (χ3n) is 2.96. The molecule has 1 N–H and O–H groups in total. The molecule has 5 heteroatoms. The van der Waals surface area contributed by atoms with Crippen molar-refractivity contribution in [2.75, 3.05) is 6.26 Å². The number of nitrogens with one attached hydrogen (secondary N) is 1. The zero-order valence-electron chi connectivity index (χ0n) is 13.0. The Balaban J connectivity index is 1.90. The molecule has 2 aromatic rings. The lowest BCUT2D eigenvalue weighted by Crippen LogP contribution is -2.22. The first kappa shape index (κ1) is 16.4. The number of hydrogen-bond acceptors (Lipinski definition) is 4. The molecular formula is C17H20N2O2S. The van der Waals surface area contributed by atoms with Crippen molar-refractivity contribution in [3.8, 4) is 5.88 Å². The van der Waals surface area contributed by atoms with Gasteiger partial charge in [0.05, 0.1) is 6.10 Å². The average molecular weight is 316 g/mol. The Morgan fingerprint density at radius 2 is 1.95 bits per heavy atom. The molecule has 0 radical (unpaired) electrons. The van der Waals surface area contributed by atoms with Crippen molar-refractivity contribution < 1.29 is 9.53 Å². The lowest BCUT2D eigenvalue weighted by atomic mass is 10.2. The number of benzene rings is 1. The van der Waals surface area contributed by atoms with Gasteiger partial charge >= 0.3 is 0 Å². The van der Waals surface area contributed by atoms with Crippen LogP contribution >= 0.6 is 11.8 Å². The maximum absolute atomic E-state index is 12.1. The first-order valence-corrected chi connectivity index (χ1v) is 8.35. The maximum Gasteiger partial charge on any atom is 0.251 e. The fraction of sp³-hybridized carbons (Fsp3) is 0.294. The molecule has 2 rings (SSSR count). The van der Waals surface area contributed by atoms with Crippen molar-refractivity contribution in [3.63, 3.8) is 0 Å². The normalized spacial score (nSPS) is 10.5. The van der Waals surface area contributed by atoms with E-state index in [2.05, 4.69) is 10.3 Å². The Morgan fingerprint density at radius 3 is 2.50 bits per heavy atom. The average Bonchev–Trinajstić information content (AvgIpc) is 2.53. The van der Waals surface area contributed by atoms with Gasteiger partial charge in [-0.05, 0) is 49.9 Å². The number of amides is 1. The molecule has 4 nitrogen and oxygen atoms in total. The highest BCUT2D eigenvalue weighted by Crippen LogP contribution is 2.15. The van der Waals surface area contributed by atoms with Crippen molar-refractivity contribution in [2.45, 2.75) is 31.4 Å². The molecule has 0 unspecified atom stereocenters. The second-order valence-corrected chi connectivity index (χ2v) is 5.96. The number of pyridine rings is 1. The molecule has 1 aromatic carbocycles. The van der Waals surface area contributed by atoms with Crippen LogP contribution in [0.25, 0.3) is 0 Å². The van der Waals surface area contributed by atoms with Crippen LogP contribution in [0.3, 0.4) is 0 Å². The van der Waals surface area contributed by atoms with Gasteiger partial charge < -0.3 is 10.1 Å². The van der Waals surface area contributed by atoms with Gasteiger partial charge in [0.1, 0.15) is 0 Å². The van der Waals surface area contributed by atoms with Crippen molar-refractivity contribution in [3.05, 3.63) is 53.7 Å². The predicted octanol–water partition coefficient (Wildman–Crippen LogP) is 3.52. The van der Waals surface area contributed by atoms with Crippen LogP contribution in [0.1, 0.15) is 29.8 Å². The Bertz CT molecular complexity index is 610. The van der Waals surface area contributed by atoms with Gasteiger partial charge in [0, 0.05) is 29.3 Å². The van der Waals surface area contributed by atoms with E-state index < -0.39 is 0 Å². The monoisotopic (exact) mass is 316 g/mol. The van der Waals surface area contributed by atoms with Crippen LogP contribution in [0.15, 0.2) is 47.5 Å². The lowest BCUT2D eigenvalue weighted by molar-refractivity contribution is 0.0951. The van der Waals surface area contributed by atoms with E-state index in [0.717, 1.165) is 10.5 Å². The highest BCUT2D eigenvalue weighted by atomic mass is 32.2. The summed E-state index contributed by atoms with van der Waals surface area (Å²) >= 11 is 1.65. The summed E-state index contributed by atoms with van der Waals surface area (Å²) < 4.78 is 5.49. The molecule has 0 saturated carbocycles. The van der Waals surface area contributed by atoms with Crippen molar-refractivity contribution >= 4 is 17.7 Å². The van der Waals surface area contributed by atoms with Crippen LogP contribution in [0.4, 0.5) is 0 Å². The van der Waals surface area contributed by atoms with E-state index in [0.29, 0.717) is 18.0 Å². The summed E-state index contributed by atoms with van der Waals surface area (Å²) in [5, 5.41) is 2.89. The maximum atomic E-state index is 12.1. The van der Waals surface area contributed by atoms with Gasteiger partial charge in [0.25, 0.3) is 5.91 Å². The van der Waals surface area contributed by atoms with Gasteiger partial charge in [-0.1, -0.05) is 6.07 Å². The summed E-state index contributed by atoms with van der Waals surface area (Å²) in [6, 6.07) is 11.3. The molecular weight excluding hydrogens is 296 g/mol. The van der Waals surface area contributed by atoms with Crippen molar-refractivity contribution in [1.82, 2.24) is 10.3 Å². The van der Waals surface area contributed by atoms with Crippen LogP contribution in [0, 0.1) is 0 Å². The Hall–Kier alpha value is -2.01. The van der Waals surface area contributed by atoms with E-state index >= 15 is 0 Å². The first-order valence-electron chi connectivity index (χ1n) is 7.12. The third kappa shape index (κ3) is 4.77. The van der Waals surface area contributed by atoms with Gasteiger partial charge in [-0.25, -0.2) is 4.98 Å². The fourth-order valence-electron chi connectivity index (χ4n) is 1.85. The van der Waals surface area contributed by atoms with Gasteiger partial charge in [0.15, 0.2) is 0 Å². The van der Waals surface area contributed by atoms with Gasteiger partial charge in [-0.2, -0.15) is 0 Å². The largest absolute Gasteiger partial charge is 0.475 e. The standard InChI is InChI=1S/C17H20N2O2S/c1-12(2)21-16-9-4-13(10-18-16)11-19-17(20)14-5-7-15(22-3)8-6-14/h4-10,12H,11H2,1-3H3,(H,19,20). The number of aromatic nitrogens is 1. The zero-order valence-corrected chi connectivity index (χ0v) is 13.8. The minimum Gasteiger partial charge on any atom is -0.475 e. The molecule has 1 heterocycles. The lowest BCUT2D eigenvalue weighted by Gasteiger charge is -2.09. The highest BCUT2D eigenvalue weighted by molar-refractivity contribution is 7.98. The zero-order chi connectivity index (χ0) is 15.9. The van der Waals surface area contributed by atoms with Crippen LogP contribution in [-0.2, 0) is 6.54 Å². The molecule has 0 spiro atoms. The second-order valence-electron chi connectivity index (χ2n) is 5.08. The number of nitrogens with zero attached hydrogens (tertiary/aromatic N) is 1. The topological polar surface area (TPSA) is 51.2 Å². The van der Waals surface area contributed by atoms with E-state index in [-0.39, 0.29) is 12.0 Å². The van der Waals surface area contributed by atoms with Crippen molar-refractivity contribution in [1.29, 1.82) is 0 Å². The molecule has 0 aliphatic heterocycles. The molecule has 0 aliphatic rings. The van der Waals surface area contributed by atoms with E-state index in [1.807, 2.05) is 56.5 Å². The van der Waals surface area contributed by atoms with Gasteiger partial charge in [-0.3, -0.25) is 4.79 Å². The number of carbonyl (C=O) groups is 1. The van der Waals surface area contributed by atoms with Crippen LogP contribution < -0.4 is 10.1 Å². The summed E-state index contributed by atoms with van der Waals surface area (Å²) in [6.45, 7) is 4.36. The summed E-state index contributed by atoms with van der Waals surface area (Å²) in [6.07, 6.45) is 3.83. The number of carbonyl (C=O) groups excluding carboxylic acids is 1. The molecule has 22 heavy (non-hydrogen) atoms. The smallest absolute Gasteiger partial charge is 0.251 e. The molecule has 0 saturated heterocycles. The van der Waals surface area contributed by atoms with Crippen LogP contribution in [-0.4, -0.2) is 23.3 Å². The van der Waals surface area contributed by atoms with Gasteiger partial charge in [0.2, 0.25) is 5.88 Å². The summed E-state index contributed by atoms with van der Waals surface area (Å²) in [5.41, 5.74) is 1.59. The number of thioether (sulfide) groups is 1. The SMILES string of the molecule is CSc1ccc(C(=O)NCc2ccc(OC(C)C)nc2)cc1. The third-order valence-corrected chi connectivity index (χ3v) is 3.70. The quantitative estimate of drug-likeness (QED) is 0.829. The fourth-order valence-corrected chi connectivity index (χ4v) is 2.26. The highest BCUT2D eigenvalue weighted by Gasteiger charge is 2.06. The van der Waals surface area contributed by atoms with E-state index in [1.165, 1.54) is 0 Å². The number of rotatable bonds is 6. The molecule has 1 aromatic heterocycles. The Kier molecular flexibility index (Phi) is 5.83. The molecule has 0 fully saturated rings. The minimum atomic E-state index is -0.0878. The second kappa shape index (κ2) is 7.84. The summed E-state index contributed by atoms with van der Waals surface area (Å²) in [7, 11) is 0. The first-order chi connectivity index (χ1) is 10.6. The van der Waals surface area contributed by atoms with E-state index in [1.54, 1.807) is 18.0 Å². The summed E-state index contributed by atoms with van der Waals surface area (Å²) in [5.74, 6) is 0.507. The van der Waals surface area contributed by atoms with Crippen LogP contribution in [0.5, 0.6) is 5.88 Å². The van der Waals surface area contributed by atoms with Crippen LogP contribution in [0.2, 0.25) is 0 Å². The van der Waals surface area contributed by atoms with E-state index in [9.17, 15) is 4.79 Å². The molecule has 0 aliphatic carbocycles. The Labute approximate surface area is 135 Å². The van der Waals surface area contributed by atoms with Gasteiger partial charge in [-0.15, -0.1) is 11.8 Å². The molecule has 1 amide bonds. The molecule has 0 atom stereocenters. The number of hydrogen-bond donors (Lipinski definition) is 1. The molecule has 116 valence electrons. The number of ether oxygens (including phenoxy) is 1. The summed E-state index contributed by atoms with van der Waals surface area (Å²) in [4.78, 5) is 17.4.